The zero-order chi connectivity index (χ0) is 9.90. The van der Waals surface area contributed by atoms with E-state index in [1.807, 2.05) is 26.1 Å². The van der Waals surface area contributed by atoms with Gasteiger partial charge in [0.05, 0.1) is 9.94 Å². The molecule has 1 heterocycles. The molecule has 1 aromatic rings. The van der Waals surface area contributed by atoms with Crippen molar-refractivity contribution < 1.29 is 5.11 Å². The molecule has 2 nitrogen and oxygen atoms in total. The molecule has 0 radical (unpaired) electrons. The summed E-state index contributed by atoms with van der Waals surface area (Å²) in [4.78, 5) is 0.924. The summed E-state index contributed by atoms with van der Waals surface area (Å²) < 4.78 is 0.722. The van der Waals surface area contributed by atoms with Crippen LogP contribution in [0.1, 0.15) is 18.2 Å². The molecular weight excluding hydrogens is 206 g/mol. The van der Waals surface area contributed by atoms with Gasteiger partial charge in [-0.1, -0.05) is 11.6 Å². The minimum Gasteiger partial charge on any atom is -0.385 e. The monoisotopic (exact) mass is 219 g/mol. The summed E-state index contributed by atoms with van der Waals surface area (Å²) in [5.41, 5.74) is -0.763. The molecule has 2 N–H and O–H groups in total. The molecule has 1 aromatic heterocycles. The molecule has 13 heavy (non-hydrogen) atoms. The molecule has 0 fully saturated rings. The lowest BCUT2D eigenvalue weighted by molar-refractivity contribution is 0.0523. The van der Waals surface area contributed by atoms with Gasteiger partial charge >= 0.3 is 0 Å². The van der Waals surface area contributed by atoms with Crippen LogP contribution in [0.2, 0.25) is 4.34 Å². The maximum atomic E-state index is 10.0. The lowest BCUT2D eigenvalue weighted by Gasteiger charge is -2.21. The highest BCUT2D eigenvalue weighted by Crippen LogP contribution is 2.32. The molecule has 1 atom stereocenters. The number of thiophene rings is 1. The Balaban J connectivity index is 2.68. The molecule has 1 rings (SSSR count). The SMILES string of the molecule is CNCCC(C)(O)c1ccc(Cl)s1. The first-order valence-corrected chi connectivity index (χ1v) is 5.38. The minimum absolute atomic E-state index is 0.695. The molecule has 0 aliphatic rings. The third-order valence-corrected chi connectivity index (χ3v) is 3.45. The second-order valence-corrected chi connectivity index (χ2v) is 4.95. The second kappa shape index (κ2) is 4.42. The lowest BCUT2D eigenvalue weighted by atomic mass is 10.0. The molecular formula is C9H14ClNOS. The minimum atomic E-state index is -0.763. The first-order chi connectivity index (χ1) is 6.06. The van der Waals surface area contributed by atoms with Crippen molar-refractivity contribution in [1.29, 1.82) is 0 Å². The number of nitrogens with one attached hydrogen (secondary N) is 1. The van der Waals surface area contributed by atoms with Crippen LogP contribution in [-0.2, 0) is 5.60 Å². The fourth-order valence-electron chi connectivity index (χ4n) is 1.10. The van der Waals surface area contributed by atoms with Gasteiger partial charge in [0.2, 0.25) is 0 Å². The number of hydrogen-bond donors (Lipinski definition) is 2. The predicted molar refractivity (Wildman–Crippen MR) is 57.4 cm³/mol. The highest BCUT2D eigenvalue weighted by Gasteiger charge is 2.23. The molecule has 0 bridgehead atoms. The molecule has 0 aromatic carbocycles. The Morgan fingerprint density at radius 3 is 2.77 bits per heavy atom. The third-order valence-electron chi connectivity index (χ3n) is 1.97. The van der Waals surface area contributed by atoms with E-state index in [9.17, 15) is 5.11 Å². The van der Waals surface area contributed by atoms with Gasteiger partial charge in [-0.3, -0.25) is 0 Å². The molecule has 0 amide bonds. The van der Waals surface area contributed by atoms with Gasteiger partial charge in [0.25, 0.3) is 0 Å². The maximum Gasteiger partial charge on any atom is 0.0972 e. The van der Waals surface area contributed by atoms with Gasteiger partial charge < -0.3 is 10.4 Å². The van der Waals surface area contributed by atoms with E-state index in [-0.39, 0.29) is 0 Å². The summed E-state index contributed by atoms with van der Waals surface area (Å²) in [5.74, 6) is 0. The van der Waals surface area contributed by atoms with Crippen molar-refractivity contribution >= 4 is 22.9 Å². The Bertz CT molecular complexity index is 272. The molecule has 0 spiro atoms. The largest absolute Gasteiger partial charge is 0.385 e. The summed E-state index contributed by atoms with van der Waals surface area (Å²) in [6.07, 6.45) is 0.695. The van der Waals surface area contributed by atoms with Crippen molar-refractivity contribution in [3.63, 3.8) is 0 Å². The Kier molecular flexibility index (Phi) is 3.74. The van der Waals surface area contributed by atoms with Crippen molar-refractivity contribution in [2.75, 3.05) is 13.6 Å². The number of rotatable bonds is 4. The normalized spacial score (nSPS) is 15.7. The molecule has 4 heteroatoms. The van der Waals surface area contributed by atoms with Crippen LogP contribution in [0.3, 0.4) is 0 Å². The third kappa shape index (κ3) is 2.95. The van der Waals surface area contributed by atoms with Gasteiger partial charge in [-0.2, -0.15) is 0 Å². The van der Waals surface area contributed by atoms with E-state index in [2.05, 4.69) is 5.32 Å². The number of aliphatic hydroxyl groups is 1. The van der Waals surface area contributed by atoms with Gasteiger partial charge in [-0.15, -0.1) is 11.3 Å². The first-order valence-electron chi connectivity index (χ1n) is 4.19. The summed E-state index contributed by atoms with van der Waals surface area (Å²) in [6.45, 7) is 2.61. The average molecular weight is 220 g/mol. The van der Waals surface area contributed by atoms with Crippen LogP contribution in [-0.4, -0.2) is 18.7 Å². The van der Waals surface area contributed by atoms with E-state index in [0.717, 1.165) is 15.8 Å². The van der Waals surface area contributed by atoms with Crippen molar-refractivity contribution in [1.82, 2.24) is 5.32 Å². The summed E-state index contributed by atoms with van der Waals surface area (Å²) in [7, 11) is 1.87. The lowest BCUT2D eigenvalue weighted by Crippen LogP contribution is -2.25. The fraction of sp³-hybridized carbons (Fsp3) is 0.556. The van der Waals surface area contributed by atoms with Crippen molar-refractivity contribution in [3.05, 3.63) is 21.3 Å². The van der Waals surface area contributed by atoms with E-state index in [4.69, 9.17) is 11.6 Å². The zero-order valence-electron chi connectivity index (χ0n) is 7.80. The van der Waals surface area contributed by atoms with E-state index < -0.39 is 5.60 Å². The smallest absolute Gasteiger partial charge is 0.0972 e. The molecule has 0 aliphatic heterocycles. The number of halogens is 1. The van der Waals surface area contributed by atoms with Crippen LogP contribution in [0.4, 0.5) is 0 Å². The summed E-state index contributed by atoms with van der Waals surface area (Å²) in [6, 6.07) is 3.69. The van der Waals surface area contributed by atoms with E-state index >= 15 is 0 Å². The zero-order valence-corrected chi connectivity index (χ0v) is 9.37. The van der Waals surface area contributed by atoms with Crippen LogP contribution in [0, 0.1) is 0 Å². The van der Waals surface area contributed by atoms with Crippen LogP contribution in [0.15, 0.2) is 12.1 Å². The quantitative estimate of drug-likeness (QED) is 0.814. The van der Waals surface area contributed by atoms with Gasteiger partial charge in [-0.25, -0.2) is 0 Å². The van der Waals surface area contributed by atoms with Crippen LogP contribution in [0.5, 0.6) is 0 Å². The molecule has 1 unspecified atom stereocenters. The van der Waals surface area contributed by atoms with E-state index in [1.54, 1.807) is 0 Å². The molecule has 0 saturated heterocycles. The Hall–Kier alpha value is -0.0900. The second-order valence-electron chi connectivity index (χ2n) is 3.23. The number of hydrogen-bond acceptors (Lipinski definition) is 3. The molecule has 74 valence electrons. The topological polar surface area (TPSA) is 32.3 Å². The highest BCUT2D eigenvalue weighted by atomic mass is 35.5. The first kappa shape index (κ1) is 11.0. The molecule has 0 aliphatic carbocycles. The van der Waals surface area contributed by atoms with Crippen molar-refractivity contribution in [3.8, 4) is 0 Å². The van der Waals surface area contributed by atoms with Crippen LogP contribution >= 0.6 is 22.9 Å². The van der Waals surface area contributed by atoms with Gasteiger partial charge in [0.1, 0.15) is 0 Å². The van der Waals surface area contributed by atoms with Gasteiger partial charge in [0, 0.05) is 4.88 Å². The van der Waals surface area contributed by atoms with Gasteiger partial charge in [-0.05, 0) is 39.1 Å². The van der Waals surface area contributed by atoms with Crippen molar-refractivity contribution in [2.24, 2.45) is 0 Å². The summed E-state index contributed by atoms with van der Waals surface area (Å²) in [5, 5.41) is 13.1. The fourth-order valence-corrected chi connectivity index (χ4v) is 2.21. The Morgan fingerprint density at radius 1 is 1.62 bits per heavy atom. The van der Waals surface area contributed by atoms with E-state index in [1.165, 1.54) is 11.3 Å². The predicted octanol–water partition coefficient (Wildman–Crippen LogP) is 2.22. The summed E-state index contributed by atoms with van der Waals surface area (Å²) >= 11 is 7.23. The average Bonchev–Trinajstić information content (AvgIpc) is 2.49. The maximum absolute atomic E-state index is 10.0. The van der Waals surface area contributed by atoms with Crippen molar-refractivity contribution in [2.45, 2.75) is 18.9 Å². The van der Waals surface area contributed by atoms with Gasteiger partial charge in [0.15, 0.2) is 0 Å². The van der Waals surface area contributed by atoms with Crippen LogP contribution < -0.4 is 5.32 Å². The Morgan fingerprint density at radius 2 is 2.31 bits per heavy atom. The Labute approximate surface area is 87.5 Å². The van der Waals surface area contributed by atoms with E-state index in [0.29, 0.717) is 6.42 Å². The van der Waals surface area contributed by atoms with Crippen LogP contribution in [0.25, 0.3) is 0 Å². The highest BCUT2D eigenvalue weighted by molar-refractivity contribution is 7.16. The molecule has 0 saturated carbocycles. The standard InChI is InChI=1S/C9H14ClNOS/c1-9(12,5-6-11-2)7-3-4-8(10)13-7/h3-4,11-12H,5-6H2,1-2H3.